The highest BCUT2D eigenvalue weighted by Gasteiger charge is 2.08. The SMILES string of the molecule is I.NC(=NCCc1ccccc1OC(F)F)Nc1ccccc1. The Labute approximate surface area is 150 Å². The number of nitrogens with one attached hydrogen (secondary N) is 1. The first-order valence-electron chi connectivity index (χ1n) is 6.80. The van der Waals surface area contributed by atoms with Crippen molar-refractivity contribution in [3.05, 3.63) is 60.2 Å². The number of nitrogens with two attached hydrogens (primary N) is 1. The van der Waals surface area contributed by atoms with Gasteiger partial charge in [-0.05, 0) is 30.2 Å². The zero-order valence-corrected chi connectivity index (χ0v) is 14.6. The summed E-state index contributed by atoms with van der Waals surface area (Å²) in [5, 5.41) is 2.95. The highest BCUT2D eigenvalue weighted by Crippen LogP contribution is 2.20. The maximum atomic E-state index is 12.3. The van der Waals surface area contributed by atoms with Gasteiger partial charge in [-0.2, -0.15) is 8.78 Å². The van der Waals surface area contributed by atoms with E-state index in [1.165, 1.54) is 6.07 Å². The number of alkyl halides is 2. The molecule has 3 N–H and O–H groups in total. The highest BCUT2D eigenvalue weighted by atomic mass is 127. The molecule has 0 aliphatic heterocycles. The van der Waals surface area contributed by atoms with Crippen LogP contribution in [0.2, 0.25) is 0 Å². The number of guanidine groups is 1. The number of nitrogens with zero attached hydrogens (tertiary/aromatic N) is 1. The number of anilines is 1. The Bertz CT molecular complexity index is 624. The van der Waals surface area contributed by atoms with Crippen molar-refractivity contribution in [1.29, 1.82) is 0 Å². The monoisotopic (exact) mass is 433 g/mol. The molecule has 0 amide bonds. The average molecular weight is 433 g/mol. The number of ether oxygens (including phenoxy) is 1. The molecule has 0 bridgehead atoms. The van der Waals surface area contributed by atoms with E-state index >= 15 is 0 Å². The van der Waals surface area contributed by atoms with Gasteiger partial charge in [0, 0.05) is 12.2 Å². The standard InChI is InChI=1S/C16H17F2N3O.HI/c17-15(18)22-14-9-5-4-6-12(14)10-11-20-16(19)21-13-7-2-1-3-8-13;/h1-9,15H,10-11H2,(H3,19,20,21);1H. The lowest BCUT2D eigenvalue weighted by molar-refractivity contribution is -0.0504. The van der Waals surface area contributed by atoms with E-state index in [2.05, 4.69) is 15.0 Å². The second kappa shape index (κ2) is 9.98. The van der Waals surface area contributed by atoms with E-state index in [1.54, 1.807) is 18.2 Å². The molecule has 0 saturated carbocycles. The fourth-order valence-electron chi connectivity index (χ4n) is 1.93. The summed E-state index contributed by atoms with van der Waals surface area (Å²) in [6.45, 7) is -2.47. The largest absolute Gasteiger partial charge is 0.435 e. The Hall–Kier alpha value is -1.90. The first-order valence-corrected chi connectivity index (χ1v) is 6.80. The molecular weight excluding hydrogens is 415 g/mol. The maximum Gasteiger partial charge on any atom is 0.387 e. The predicted octanol–water partition coefficient (Wildman–Crippen LogP) is 3.88. The number of hydrogen-bond acceptors (Lipinski definition) is 2. The van der Waals surface area contributed by atoms with E-state index in [-0.39, 0.29) is 35.7 Å². The number of rotatable bonds is 6. The molecule has 124 valence electrons. The summed E-state index contributed by atoms with van der Waals surface area (Å²) in [6, 6.07) is 16.1. The number of aliphatic imine (C=N–C) groups is 1. The molecule has 23 heavy (non-hydrogen) atoms. The molecule has 0 aliphatic rings. The lowest BCUT2D eigenvalue weighted by atomic mass is 10.1. The Morgan fingerprint density at radius 2 is 1.74 bits per heavy atom. The average Bonchev–Trinajstić information content (AvgIpc) is 2.49. The highest BCUT2D eigenvalue weighted by molar-refractivity contribution is 14.0. The van der Waals surface area contributed by atoms with E-state index in [4.69, 9.17) is 5.73 Å². The Kier molecular flexibility index (Phi) is 8.31. The van der Waals surface area contributed by atoms with Gasteiger partial charge in [-0.15, -0.1) is 24.0 Å². The molecule has 0 spiro atoms. The van der Waals surface area contributed by atoms with E-state index in [9.17, 15) is 8.78 Å². The maximum absolute atomic E-state index is 12.3. The number of benzene rings is 2. The van der Waals surface area contributed by atoms with Gasteiger partial charge >= 0.3 is 6.61 Å². The van der Waals surface area contributed by atoms with E-state index in [0.29, 0.717) is 18.5 Å². The first-order chi connectivity index (χ1) is 10.6. The van der Waals surface area contributed by atoms with Crippen LogP contribution in [0.25, 0.3) is 0 Å². The summed E-state index contributed by atoms with van der Waals surface area (Å²) in [4.78, 5) is 4.18. The molecule has 2 aromatic carbocycles. The van der Waals surface area contributed by atoms with Crippen molar-refractivity contribution in [2.45, 2.75) is 13.0 Å². The quantitative estimate of drug-likeness (QED) is 0.413. The van der Waals surface area contributed by atoms with Gasteiger partial charge < -0.3 is 15.8 Å². The van der Waals surface area contributed by atoms with Crippen LogP contribution in [0.1, 0.15) is 5.56 Å². The third-order valence-corrected chi connectivity index (χ3v) is 2.90. The minimum absolute atomic E-state index is 0. The van der Waals surface area contributed by atoms with Gasteiger partial charge in [-0.1, -0.05) is 36.4 Å². The minimum atomic E-state index is -2.84. The van der Waals surface area contributed by atoms with Crippen molar-refractivity contribution in [2.75, 3.05) is 11.9 Å². The molecule has 2 rings (SSSR count). The molecule has 4 nitrogen and oxygen atoms in total. The normalized spacial score (nSPS) is 11.0. The smallest absolute Gasteiger partial charge is 0.387 e. The van der Waals surface area contributed by atoms with Crippen molar-refractivity contribution < 1.29 is 13.5 Å². The topological polar surface area (TPSA) is 59.6 Å². The van der Waals surface area contributed by atoms with Crippen LogP contribution in [0.5, 0.6) is 5.75 Å². The molecule has 0 unspecified atom stereocenters. The van der Waals surface area contributed by atoms with Gasteiger partial charge in [0.2, 0.25) is 0 Å². The van der Waals surface area contributed by atoms with Gasteiger partial charge in [0.15, 0.2) is 5.96 Å². The Morgan fingerprint density at radius 3 is 2.43 bits per heavy atom. The van der Waals surface area contributed by atoms with Crippen molar-refractivity contribution >= 4 is 35.6 Å². The number of hydrogen-bond donors (Lipinski definition) is 2. The van der Waals surface area contributed by atoms with Crippen LogP contribution >= 0.6 is 24.0 Å². The second-order valence-electron chi connectivity index (χ2n) is 4.49. The molecule has 7 heteroatoms. The summed E-state index contributed by atoms with van der Waals surface area (Å²) in [5.74, 6) is 0.445. The van der Waals surface area contributed by atoms with Crippen LogP contribution in [0, 0.1) is 0 Å². The van der Waals surface area contributed by atoms with Crippen LogP contribution in [0.4, 0.5) is 14.5 Å². The van der Waals surface area contributed by atoms with Gasteiger partial charge in [-0.25, -0.2) is 0 Å². The number of para-hydroxylation sites is 2. The molecule has 0 saturated heterocycles. The summed E-state index contributed by atoms with van der Waals surface area (Å²) >= 11 is 0. The Balaban J connectivity index is 0.00000264. The molecule has 0 aliphatic carbocycles. The van der Waals surface area contributed by atoms with Crippen LogP contribution < -0.4 is 15.8 Å². The first kappa shape index (κ1) is 19.1. The fourth-order valence-corrected chi connectivity index (χ4v) is 1.93. The van der Waals surface area contributed by atoms with Gasteiger partial charge in [0.25, 0.3) is 0 Å². The van der Waals surface area contributed by atoms with Gasteiger partial charge in [-0.3, -0.25) is 4.99 Å². The van der Waals surface area contributed by atoms with E-state index < -0.39 is 6.61 Å². The molecule has 2 aromatic rings. The number of halogens is 3. The van der Waals surface area contributed by atoms with Crippen molar-refractivity contribution in [1.82, 2.24) is 0 Å². The third kappa shape index (κ3) is 6.81. The van der Waals surface area contributed by atoms with Crippen LogP contribution in [0.3, 0.4) is 0 Å². The molecule has 0 fully saturated rings. The van der Waals surface area contributed by atoms with Crippen molar-refractivity contribution in [3.63, 3.8) is 0 Å². The lowest BCUT2D eigenvalue weighted by Crippen LogP contribution is -2.23. The van der Waals surface area contributed by atoms with Crippen molar-refractivity contribution in [3.8, 4) is 5.75 Å². The predicted molar refractivity (Wildman–Crippen MR) is 98.7 cm³/mol. The van der Waals surface area contributed by atoms with E-state index in [0.717, 1.165) is 5.69 Å². The molecule has 0 atom stereocenters. The van der Waals surface area contributed by atoms with E-state index in [1.807, 2.05) is 30.3 Å². The zero-order valence-electron chi connectivity index (χ0n) is 12.3. The molecule has 0 aromatic heterocycles. The minimum Gasteiger partial charge on any atom is -0.435 e. The molecule has 0 radical (unpaired) electrons. The molecule has 0 heterocycles. The third-order valence-electron chi connectivity index (χ3n) is 2.90. The van der Waals surface area contributed by atoms with Gasteiger partial charge in [0.05, 0.1) is 0 Å². The Morgan fingerprint density at radius 1 is 1.09 bits per heavy atom. The van der Waals surface area contributed by atoms with Crippen LogP contribution in [-0.2, 0) is 6.42 Å². The summed E-state index contributed by atoms with van der Waals surface area (Å²) in [6.07, 6.45) is 0.458. The van der Waals surface area contributed by atoms with Gasteiger partial charge in [0.1, 0.15) is 5.75 Å². The summed E-state index contributed by atoms with van der Waals surface area (Å²) < 4.78 is 29.1. The fraction of sp³-hybridized carbons (Fsp3) is 0.188. The van der Waals surface area contributed by atoms with Crippen LogP contribution in [-0.4, -0.2) is 19.1 Å². The van der Waals surface area contributed by atoms with Crippen molar-refractivity contribution in [2.24, 2.45) is 10.7 Å². The zero-order chi connectivity index (χ0) is 15.8. The van der Waals surface area contributed by atoms with Crippen LogP contribution in [0.15, 0.2) is 59.6 Å². The molecular formula is C16H18F2IN3O. The summed E-state index contributed by atoms with van der Waals surface area (Å²) in [7, 11) is 0. The summed E-state index contributed by atoms with van der Waals surface area (Å²) in [5.41, 5.74) is 7.28. The lowest BCUT2D eigenvalue weighted by Gasteiger charge is -2.10. The second-order valence-corrected chi connectivity index (χ2v) is 4.49.